The van der Waals surface area contributed by atoms with Crippen molar-refractivity contribution in [3.8, 4) is 5.75 Å². The molecule has 2 fully saturated rings. The van der Waals surface area contributed by atoms with Crippen molar-refractivity contribution in [2.75, 3.05) is 20.2 Å². The van der Waals surface area contributed by atoms with E-state index in [1.165, 1.54) is 30.6 Å². The highest BCUT2D eigenvalue weighted by Gasteiger charge is 2.40. The molecule has 2 aliphatic rings. The summed E-state index contributed by atoms with van der Waals surface area (Å²) in [6.07, 6.45) is 7.26. The number of amides is 1. The number of benzene rings is 1. The number of aromatic nitrogens is 3. The van der Waals surface area contributed by atoms with Crippen molar-refractivity contribution in [2.24, 2.45) is 5.41 Å². The lowest BCUT2D eigenvalue weighted by atomic mass is 9.70. The average molecular weight is 518 g/mol. The van der Waals surface area contributed by atoms with E-state index in [2.05, 4.69) is 34.4 Å². The zero-order valence-corrected chi connectivity index (χ0v) is 22.9. The van der Waals surface area contributed by atoms with Crippen molar-refractivity contribution < 1.29 is 17.9 Å². The molecular formula is C26H39N5O4S. The lowest BCUT2D eigenvalue weighted by Gasteiger charge is -2.45. The predicted octanol–water partition coefficient (Wildman–Crippen LogP) is 3.04. The number of ether oxygens (including phenoxy) is 1. The van der Waals surface area contributed by atoms with Gasteiger partial charge in [-0.2, -0.15) is 0 Å². The van der Waals surface area contributed by atoms with Gasteiger partial charge >= 0.3 is 0 Å². The Kier molecular flexibility index (Phi) is 7.75. The van der Waals surface area contributed by atoms with E-state index in [0.29, 0.717) is 28.6 Å². The van der Waals surface area contributed by atoms with Crippen LogP contribution in [0.5, 0.6) is 5.75 Å². The Balaban J connectivity index is 1.36. The summed E-state index contributed by atoms with van der Waals surface area (Å²) in [7, 11) is -2.09. The molecule has 1 saturated heterocycles. The third-order valence-electron chi connectivity index (χ3n) is 7.70. The number of likely N-dealkylation sites (tertiary alicyclic amines) is 1. The Morgan fingerprint density at radius 1 is 1.17 bits per heavy atom. The number of hydrogen-bond acceptors (Lipinski definition) is 7. The van der Waals surface area contributed by atoms with E-state index in [4.69, 9.17) is 4.74 Å². The van der Waals surface area contributed by atoms with Crippen molar-refractivity contribution in [1.82, 2.24) is 25.2 Å². The Morgan fingerprint density at radius 2 is 1.83 bits per heavy atom. The number of carbonyl (C=O) groups excluding carboxylic acids is 1. The molecule has 2 unspecified atom stereocenters. The second kappa shape index (κ2) is 10.5. The molecular weight excluding hydrogens is 478 g/mol. The van der Waals surface area contributed by atoms with E-state index in [0.717, 1.165) is 19.3 Å². The smallest absolute Gasteiger partial charge is 0.242 e. The van der Waals surface area contributed by atoms with Gasteiger partial charge in [-0.3, -0.25) is 4.79 Å². The molecule has 0 radical (unpaired) electrons. The molecule has 2 heterocycles. The Bertz CT molecular complexity index is 1180. The molecule has 4 rings (SSSR count). The first-order chi connectivity index (χ1) is 17.0. The van der Waals surface area contributed by atoms with Crippen molar-refractivity contribution >= 4 is 15.7 Å². The molecule has 9 nitrogen and oxygen atoms in total. The van der Waals surface area contributed by atoms with Gasteiger partial charge in [-0.25, -0.2) is 13.1 Å². The second-order valence-electron chi connectivity index (χ2n) is 11.0. The van der Waals surface area contributed by atoms with Crippen LogP contribution in [-0.4, -0.2) is 66.5 Å². The molecule has 36 heavy (non-hydrogen) atoms. The maximum absolute atomic E-state index is 13.1. The molecule has 1 saturated carbocycles. The Labute approximate surface area is 214 Å². The summed E-state index contributed by atoms with van der Waals surface area (Å²) in [4.78, 5) is 15.7. The molecule has 10 heteroatoms. The Morgan fingerprint density at radius 3 is 2.44 bits per heavy atom. The third kappa shape index (κ3) is 5.91. The van der Waals surface area contributed by atoms with Crippen LogP contribution in [0.1, 0.15) is 62.8 Å². The summed E-state index contributed by atoms with van der Waals surface area (Å²) in [5.74, 6) is 0.207. The average Bonchev–Trinajstić information content (AvgIpc) is 3.46. The van der Waals surface area contributed by atoms with Gasteiger partial charge in [0, 0.05) is 12.1 Å². The van der Waals surface area contributed by atoms with Crippen molar-refractivity contribution in [3.63, 3.8) is 0 Å². The summed E-state index contributed by atoms with van der Waals surface area (Å²) in [5.41, 5.74) is 1.57. The lowest BCUT2D eigenvalue weighted by Crippen LogP contribution is -2.53. The largest absolute Gasteiger partial charge is 0.497 e. The maximum atomic E-state index is 13.1. The molecule has 2 aromatic rings. The Hall–Kier alpha value is -2.46. The summed E-state index contributed by atoms with van der Waals surface area (Å²) >= 11 is 0. The highest BCUT2D eigenvalue weighted by atomic mass is 32.2. The number of methoxy groups -OCH3 is 1. The zero-order chi connectivity index (χ0) is 26.1. The van der Waals surface area contributed by atoms with E-state index in [1.54, 1.807) is 39.3 Å². The van der Waals surface area contributed by atoms with Crippen LogP contribution in [0.25, 0.3) is 0 Å². The highest BCUT2D eigenvalue weighted by Crippen LogP contribution is 2.38. The summed E-state index contributed by atoms with van der Waals surface area (Å²) in [6, 6.07) is 4.13. The molecule has 1 aliphatic heterocycles. The highest BCUT2D eigenvalue weighted by molar-refractivity contribution is 7.90. The number of rotatable bonds is 8. The van der Waals surface area contributed by atoms with E-state index < -0.39 is 9.84 Å². The predicted molar refractivity (Wildman–Crippen MR) is 138 cm³/mol. The normalized spacial score (nSPS) is 22.5. The van der Waals surface area contributed by atoms with Crippen LogP contribution in [0.2, 0.25) is 0 Å². The third-order valence-corrected chi connectivity index (χ3v) is 9.64. The van der Waals surface area contributed by atoms with Gasteiger partial charge in [0.1, 0.15) is 18.0 Å². The number of nitrogens with zero attached hydrogens (tertiary/aromatic N) is 4. The van der Waals surface area contributed by atoms with Gasteiger partial charge in [0.25, 0.3) is 0 Å². The van der Waals surface area contributed by atoms with E-state index in [9.17, 15) is 13.2 Å². The molecule has 2 atom stereocenters. The lowest BCUT2D eigenvalue weighted by molar-refractivity contribution is -0.124. The first-order valence-electron chi connectivity index (χ1n) is 12.8. The molecule has 1 aromatic carbocycles. The van der Waals surface area contributed by atoms with Gasteiger partial charge in [-0.15, -0.1) is 5.10 Å². The summed E-state index contributed by atoms with van der Waals surface area (Å²) in [5, 5.41) is 11.2. The van der Waals surface area contributed by atoms with Gasteiger partial charge in [0.2, 0.25) is 5.91 Å². The molecule has 1 N–H and O–H groups in total. The van der Waals surface area contributed by atoms with Crippen LogP contribution in [-0.2, 0) is 26.9 Å². The van der Waals surface area contributed by atoms with E-state index in [-0.39, 0.29) is 34.6 Å². The van der Waals surface area contributed by atoms with Gasteiger partial charge in [-0.05, 0) is 87.7 Å². The fourth-order valence-corrected chi connectivity index (χ4v) is 7.71. The SMILES string of the molecule is COc1cc(C)c(S(=O)(=O)Cc2cn(CC(=O)NC3CCC(N4CCCC4)CC3(C)C)nn2)c(C)c1. The number of aryl methyl sites for hydroxylation is 2. The fourth-order valence-electron chi connectivity index (χ4n) is 5.94. The van der Waals surface area contributed by atoms with Crippen LogP contribution in [0, 0.1) is 19.3 Å². The molecule has 0 bridgehead atoms. The van der Waals surface area contributed by atoms with E-state index >= 15 is 0 Å². The quantitative estimate of drug-likeness (QED) is 0.574. The van der Waals surface area contributed by atoms with Gasteiger partial charge in [-0.1, -0.05) is 19.1 Å². The van der Waals surface area contributed by atoms with Crippen molar-refractivity contribution in [2.45, 2.75) is 89.1 Å². The summed E-state index contributed by atoms with van der Waals surface area (Å²) in [6.45, 7) is 10.4. The topological polar surface area (TPSA) is 106 Å². The van der Waals surface area contributed by atoms with Crippen LogP contribution in [0.3, 0.4) is 0 Å². The fraction of sp³-hybridized carbons (Fsp3) is 0.654. The molecule has 1 amide bonds. The molecule has 1 aromatic heterocycles. The monoisotopic (exact) mass is 517 g/mol. The van der Waals surface area contributed by atoms with Crippen LogP contribution >= 0.6 is 0 Å². The first-order valence-corrected chi connectivity index (χ1v) is 14.4. The molecule has 1 aliphatic carbocycles. The number of hydrogen-bond donors (Lipinski definition) is 1. The number of sulfone groups is 1. The molecule has 198 valence electrons. The van der Waals surface area contributed by atoms with Crippen molar-refractivity contribution in [1.29, 1.82) is 0 Å². The first kappa shape index (κ1) is 26.6. The second-order valence-corrected chi connectivity index (χ2v) is 13.0. The van der Waals surface area contributed by atoms with E-state index in [1.807, 2.05) is 0 Å². The zero-order valence-electron chi connectivity index (χ0n) is 22.1. The van der Waals surface area contributed by atoms with Gasteiger partial charge < -0.3 is 15.0 Å². The summed E-state index contributed by atoms with van der Waals surface area (Å²) < 4.78 is 32.9. The minimum absolute atomic E-state index is 0.00970. The minimum Gasteiger partial charge on any atom is -0.497 e. The van der Waals surface area contributed by atoms with Crippen molar-refractivity contribution in [3.05, 3.63) is 35.2 Å². The van der Waals surface area contributed by atoms with Gasteiger partial charge in [0.05, 0.1) is 23.9 Å². The van der Waals surface area contributed by atoms with Gasteiger partial charge in [0.15, 0.2) is 9.84 Å². The maximum Gasteiger partial charge on any atom is 0.242 e. The van der Waals surface area contributed by atoms with Crippen LogP contribution in [0.4, 0.5) is 0 Å². The standard InChI is InChI=1S/C26H39N5O4S/c1-18-12-22(35-5)13-19(2)25(18)36(33,34)17-20-15-31(29-28-20)16-24(32)27-23-9-8-21(14-26(23,3)4)30-10-6-7-11-30/h12-13,15,21,23H,6-11,14,16-17H2,1-5H3,(H,27,32). The number of nitrogens with one attached hydrogen (secondary N) is 1. The van der Waals surface area contributed by atoms with Crippen LogP contribution in [0.15, 0.2) is 23.2 Å². The number of carbonyl (C=O) groups is 1. The molecule has 0 spiro atoms. The van der Waals surface area contributed by atoms with Crippen LogP contribution < -0.4 is 10.1 Å². The minimum atomic E-state index is -3.64.